The molecule has 1 radical (unpaired) electrons. The van der Waals surface area contributed by atoms with E-state index in [0.717, 1.165) is 0 Å². The normalized spacial score (nSPS) is 8.94. The van der Waals surface area contributed by atoms with Crippen molar-refractivity contribution in [3.63, 3.8) is 0 Å². The second-order valence-electron chi connectivity index (χ2n) is 3.43. The van der Waals surface area contributed by atoms with Gasteiger partial charge in [0.15, 0.2) is 0 Å². The van der Waals surface area contributed by atoms with E-state index < -0.39 is 0 Å². The predicted octanol–water partition coefficient (Wildman–Crippen LogP) is -2.65. The average molecular weight is 342 g/mol. The average Bonchev–Trinajstić information content (AvgIpc) is 2.86. The molecule has 0 fully saturated rings. The number of fused-ring (bicyclic) bond motifs is 1. The molecular formula is C13H10Cl2NZr. The number of benzene rings is 1. The molecule has 0 unspecified atom stereocenters. The van der Waals surface area contributed by atoms with Crippen LogP contribution in [0.15, 0.2) is 60.9 Å². The molecule has 1 heterocycles. The first-order valence-corrected chi connectivity index (χ1v) is 4.72. The number of aromatic nitrogens is 1. The summed E-state index contributed by atoms with van der Waals surface area (Å²) in [5, 5.41) is 2.60. The van der Waals surface area contributed by atoms with Crippen LogP contribution in [0.1, 0.15) is 0 Å². The molecule has 0 spiro atoms. The van der Waals surface area contributed by atoms with Gasteiger partial charge >= 0.3 is 26.2 Å². The molecule has 3 aromatic rings. The third kappa shape index (κ3) is 3.28. The van der Waals surface area contributed by atoms with Gasteiger partial charge in [-0.3, -0.25) is 0 Å². The summed E-state index contributed by atoms with van der Waals surface area (Å²) < 4.78 is 2.12. The molecule has 0 saturated heterocycles. The van der Waals surface area contributed by atoms with Crippen molar-refractivity contribution < 1.29 is 51.0 Å². The quantitative estimate of drug-likeness (QED) is 0.426. The first-order chi connectivity index (χ1) is 6.93. The Kier molecular flexibility index (Phi) is 6.93. The van der Waals surface area contributed by atoms with Crippen LogP contribution in [0.5, 0.6) is 0 Å². The number of nitrogens with zero attached hydrogens (tertiary/aromatic N) is 1. The van der Waals surface area contributed by atoms with Crippen LogP contribution in [-0.2, 0) is 26.2 Å². The van der Waals surface area contributed by atoms with Crippen LogP contribution in [0.4, 0.5) is 0 Å². The number of halogens is 2. The van der Waals surface area contributed by atoms with Crippen molar-refractivity contribution in [1.82, 2.24) is 4.57 Å². The van der Waals surface area contributed by atoms with Gasteiger partial charge in [-0.1, -0.05) is 6.07 Å². The molecule has 0 saturated carbocycles. The van der Waals surface area contributed by atoms with Gasteiger partial charge in [-0.2, -0.15) is 0 Å². The van der Waals surface area contributed by atoms with E-state index in [1.54, 1.807) is 0 Å². The summed E-state index contributed by atoms with van der Waals surface area (Å²) in [6.07, 6.45) is 4.13. The Balaban J connectivity index is 0.000000853. The summed E-state index contributed by atoms with van der Waals surface area (Å²) in [5.74, 6) is 0. The van der Waals surface area contributed by atoms with E-state index in [4.69, 9.17) is 0 Å². The van der Waals surface area contributed by atoms with Crippen LogP contribution >= 0.6 is 0 Å². The van der Waals surface area contributed by atoms with Crippen LogP contribution in [0, 0.1) is 0 Å². The molecule has 0 aliphatic carbocycles. The molecule has 1 aromatic heterocycles. The largest absolute Gasteiger partial charge is 3.00 e. The monoisotopic (exact) mass is 340 g/mol. The minimum Gasteiger partial charge on any atom is -1.00 e. The van der Waals surface area contributed by atoms with Crippen molar-refractivity contribution in [2.24, 2.45) is 0 Å². The van der Waals surface area contributed by atoms with E-state index in [1.807, 2.05) is 12.1 Å². The summed E-state index contributed by atoms with van der Waals surface area (Å²) in [6, 6.07) is 16.9. The second kappa shape index (κ2) is 7.11. The van der Waals surface area contributed by atoms with Crippen molar-refractivity contribution >= 4 is 10.8 Å². The van der Waals surface area contributed by atoms with Crippen LogP contribution < -0.4 is 24.8 Å². The van der Waals surface area contributed by atoms with Crippen LogP contribution in [-0.4, -0.2) is 4.57 Å². The Morgan fingerprint density at radius 1 is 0.882 bits per heavy atom. The van der Waals surface area contributed by atoms with Gasteiger partial charge in [-0.05, 0) is 17.8 Å². The molecule has 2 aromatic carbocycles. The zero-order chi connectivity index (χ0) is 9.38. The van der Waals surface area contributed by atoms with E-state index in [0.29, 0.717) is 0 Å². The SMILES string of the molecule is [Cl-].[Cl-].[Zr+3].c1ccc2[cH-]c(-n3cccc3)cc2c1. The zero-order valence-electron chi connectivity index (χ0n) is 8.98. The molecule has 0 aliphatic heterocycles. The van der Waals surface area contributed by atoms with Gasteiger partial charge in [0.1, 0.15) is 0 Å². The molecule has 0 amide bonds. The van der Waals surface area contributed by atoms with E-state index in [9.17, 15) is 0 Å². The fourth-order valence-electron chi connectivity index (χ4n) is 1.79. The Labute approximate surface area is 132 Å². The predicted molar refractivity (Wildman–Crippen MR) is 58.9 cm³/mol. The maximum absolute atomic E-state index is 2.20. The van der Waals surface area contributed by atoms with Gasteiger partial charge in [0, 0.05) is 12.4 Å². The maximum Gasteiger partial charge on any atom is 3.00 e. The number of rotatable bonds is 1. The standard InChI is InChI=1S/C13H10N.2ClH.Zr/c1-2-6-12-10-13(9-11(12)5-1)14-7-3-4-8-14;;;/h1-10H;2*1H;/q-1;;;+3/p-2. The summed E-state index contributed by atoms with van der Waals surface area (Å²) in [5.41, 5.74) is 1.23. The molecule has 4 heteroatoms. The van der Waals surface area contributed by atoms with Crippen molar-refractivity contribution in [2.45, 2.75) is 0 Å². The third-order valence-corrected chi connectivity index (χ3v) is 2.51. The van der Waals surface area contributed by atoms with Crippen molar-refractivity contribution in [3.05, 3.63) is 60.9 Å². The fraction of sp³-hybridized carbons (Fsp3) is 0. The van der Waals surface area contributed by atoms with E-state index in [1.165, 1.54) is 16.5 Å². The van der Waals surface area contributed by atoms with Crippen molar-refractivity contribution in [2.75, 3.05) is 0 Å². The van der Waals surface area contributed by atoms with Gasteiger partial charge in [-0.15, -0.1) is 41.1 Å². The molecule has 3 rings (SSSR count). The molecule has 1 nitrogen and oxygen atoms in total. The molecule has 0 N–H and O–H groups in total. The minimum absolute atomic E-state index is 0. The summed E-state index contributed by atoms with van der Waals surface area (Å²) in [7, 11) is 0. The zero-order valence-corrected chi connectivity index (χ0v) is 12.9. The fourth-order valence-corrected chi connectivity index (χ4v) is 1.79. The van der Waals surface area contributed by atoms with Crippen LogP contribution in [0.25, 0.3) is 16.5 Å². The van der Waals surface area contributed by atoms with Gasteiger partial charge in [-0.25, -0.2) is 0 Å². The summed E-state index contributed by atoms with van der Waals surface area (Å²) >= 11 is 0. The van der Waals surface area contributed by atoms with Gasteiger partial charge in [0.2, 0.25) is 0 Å². The van der Waals surface area contributed by atoms with E-state index >= 15 is 0 Å². The second-order valence-corrected chi connectivity index (χ2v) is 3.43. The molecule has 85 valence electrons. The first kappa shape index (κ1) is 16.6. The number of hydrogen-bond donors (Lipinski definition) is 0. The van der Waals surface area contributed by atoms with Crippen molar-refractivity contribution in [1.29, 1.82) is 0 Å². The molecule has 0 aliphatic rings. The van der Waals surface area contributed by atoms with Crippen LogP contribution in [0.3, 0.4) is 0 Å². The van der Waals surface area contributed by atoms with Crippen molar-refractivity contribution in [3.8, 4) is 5.69 Å². The minimum atomic E-state index is 0. The maximum atomic E-state index is 2.20. The Morgan fingerprint density at radius 2 is 1.53 bits per heavy atom. The topological polar surface area (TPSA) is 4.93 Å². The Morgan fingerprint density at radius 3 is 2.18 bits per heavy atom. The first-order valence-electron chi connectivity index (χ1n) is 4.72. The van der Waals surface area contributed by atoms with E-state index in [2.05, 4.69) is 53.4 Å². The third-order valence-electron chi connectivity index (χ3n) is 2.51. The molecular weight excluding hydrogens is 332 g/mol. The number of hydrogen-bond acceptors (Lipinski definition) is 0. The van der Waals surface area contributed by atoms with Gasteiger partial charge in [0.05, 0.1) is 0 Å². The van der Waals surface area contributed by atoms with E-state index in [-0.39, 0.29) is 51.0 Å². The Bertz CT molecular complexity index is 525. The summed E-state index contributed by atoms with van der Waals surface area (Å²) in [6.45, 7) is 0. The van der Waals surface area contributed by atoms with Crippen LogP contribution in [0.2, 0.25) is 0 Å². The molecule has 0 atom stereocenters. The Hall–Kier alpha value is -0.427. The smallest absolute Gasteiger partial charge is 1.00 e. The summed E-state index contributed by atoms with van der Waals surface area (Å²) in [4.78, 5) is 0. The molecule has 0 bridgehead atoms. The van der Waals surface area contributed by atoms with Gasteiger partial charge in [0.25, 0.3) is 0 Å². The molecule has 17 heavy (non-hydrogen) atoms. The van der Waals surface area contributed by atoms with Gasteiger partial charge < -0.3 is 29.4 Å².